The highest BCUT2D eigenvalue weighted by molar-refractivity contribution is 7.89. The second-order valence-electron chi connectivity index (χ2n) is 4.66. The number of nitrogens with one attached hydrogen (secondary N) is 1. The summed E-state index contributed by atoms with van der Waals surface area (Å²) in [5.74, 6) is 0. The van der Waals surface area contributed by atoms with Crippen LogP contribution in [0.25, 0.3) is 0 Å². The summed E-state index contributed by atoms with van der Waals surface area (Å²) in [5, 5.41) is 9.45. The van der Waals surface area contributed by atoms with E-state index in [9.17, 15) is 8.42 Å². The summed E-state index contributed by atoms with van der Waals surface area (Å²) in [6.45, 7) is 6.37. The molecule has 1 heterocycles. The summed E-state index contributed by atoms with van der Waals surface area (Å²) >= 11 is 1.61. The molecule has 0 bridgehead atoms. The lowest BCUT2D eigenvalue weighted by Gasteiger charge is -2.13. The monoisotopic (exact) mass is 311 g/mol. The zero-order valence-corrected chi connectivity index (χ0v) is 13.2. The average molecular weight is 311 g/mol. The van der Waals surface area contributed by atoms with Crippen LogP contribution in [-0.4, -0.2) is 13.4 Å². The number of primary sulfonamides is 1. The van der Waals surface area contributed by atoms with Gasteiger partial charge in [0.25, 0.3) is 0 Å². The molecular weight excluding hydrogens is 294 g/mol. The second-order valence-corrected chi connectivity index (χ2v) is 7.54. The van der Waals surface area contributed by atoms with E-state index >= 15 is 0 Å². The van der Waals surface area contributed by atoms with Gasteiger partial charge in [-0.05, 0) is 44.0 Å². The molecule has 0 saturated carbocycles. The maximum absolute atomic E-state index is 11.5. The van der Waals surface area contributed by atoms with Crippen molar-refractivity contribution in [1.29, 1.82) is 0 Å². The van der Waals surface area contributed by atoms with E-state index in [1.165, 1.54) is 0 Å². The van der Waals surface area contributed by atoms with E-state index in [2.05, 4.69) is 10.3 Å². The van der Waals surface area contributed by atoms with E-state index in [0.29, 0.717) is 6.54 Å². The quantitative estimate of drug-likeness (QED) is 0.907. The largest absolute Gasteiger partial charge is 0.380 e. The Labute approximate surface area is 122 Å². The van der Waals surface area contributed by atoms with Crippen LogP contribution in [0.1, 0.15) is 21.0 Å². The SMILES string of the molecule is Cc1ncc(CNc2cc(S(N)(=O)=O)cc(C)c2C)s1. The Hall–Kier alpha value is -1.44. The number of benzene rings is 1. The third kappa shape index (κ3) is 3.36. The van der Waals surface area contributed by atoms with Crippen LogP contribution >= 0.6 is 11.3 Å². The van der Waals surface area contributed by atoms with Gasteiger partial charge in [0, 0.05) is 16.8 Å². The minimum absolute atomic E-state index is 0.128. The Morgan fingerprint density at radius 1 is 1.30 bits per heavy atom. The normalized spacial score (nSPS) is 11.6. The predicted octanol–water partition coefficient (Wildman–Crippen LogP) is 2.33. The van der Waals surface area contributed by atoms with Gasteiger partial charge in [0.15, 0.2) is 0 Å². The van der Waals surface area contributed by atoms with Gasteiger partial charge in [0.2, 0.25) is 10.0 Å². The first kappa shape index (κ1) is 15.0. The maximum Gasteiger partial charge on any atom is 0.238 e. The number of hydrogen-bond acceptors (Lipinski definition) is 5. The van der Waals surface area contributed by atoms with Crippen molar-refractivity contribution in [3.63, 3.8) is 0 Å². The minimum Gasteiger partial charge on any atom is -0.380 e. The van der Waals surface area contributed by atoms with Crippen molar-refractivity contribution in [1.82, 2.24) is 4.98 Å². The van der Waals surface area contributed by atoms with Gasteiger partial charge in [0.05, 0.1) is 16.4 Å². The smallest absolute Gasteiger partial charge is 0.238 e. The van der Waals surface area contributed by atoms with Crippen LogP contribution in [0.15, 0.2) is 23.2 Å². The van der Waals surface area contributed by atoms with Crippen LogP contribution < -0.4 is 10.5 Å². The van der Waals surface area contributed by atoms with Crippen molar-refractivity contribution in [2.75, 3.05) is 5.32 Å². The molecule has 0 aliphatic carbocycles. The molecule has 2 aromatic rings. The zero-order valence-electron chi connectivity index (χ0n) is 11.6. The van der Waals surface area contributed by atoms with Crippen molar-refractivity contribution in [2.24, 2.45) is 5.14 Å². The van der Waals surface area contributed by atoms with Crippen LogP contribution in [-0.2, 0) is 16.6 Å². The molecule has 0 amide bonds. The summed E-state index contributed by atoms with van der Waals surface area (Å²) in [7, 11) is -3.69. The van der Waals surface area contributed by atoms with E-state index in [-0.39, 0.29) is 4.90 Å². The molecule has 1 aromatic heterocycles. The number of anilines is 1. The van der Waals surface area contributed by atoms with E-state index in [4.69, 9.17) is 5.14 Å². The summed E-state index contributed by atoms with van der Waals surface area (Å²) in [6.07, 6.45) is 1.82. The molecule has 108 valence electrons. The topological polar surface area (TPSA) is 85.1 Å². The molecule has 0 unspecified atom stereocenters. The van der Waals surface area contributed by atoms with E-state index < -0.39 is 10.0 Å². The molecule has 20 heavy (non-hydrogen) atoms. The Morgan fingerprint density at radius 3 is 2.55 bits per heavy atom. The van der Waals surface area contributed by atoms with Crippen molar-refractivity contribution < 1.29 is 8.42 Å². The highest BCUT2D eigenvalue weighted by Crippen LogP contribution is 2.24. The molecule has 7 heteroatoms. The van der Waals surface area contributed by atoms with Gasteiger partial charge >= 0.3 is 0 Å². The summed E-state index contributed by atoms with van der Waals surface area (Å²) in [6, 6.07) is 3.16. The van der Waals surface area contributed by atoms with Gasteiger partial charge in [-0.3, -0.25) is 0 Å². The Bertz CT molecular complexity index is 736. The molecule has 3 N–H and O–H groups in total. The van der Waals surface area contributed by atoms with Crippen LogP contribution in [0.2, 0.25) is 0 Å². The van der Waals surface area contributed by atoms with Gasteiger partial charge in [-0.1, -0.05) is 0 Å². The van der Waals surface area contributed by atoms with Gasteiger partial charge in [0.1, 0.15) is 0 Å². The molecule has 1 aromatic carbocycles. The fourth-order valence-corrected chi connectivity index (χ4v) is 3.20. The van der Waals surface area contributed by atoms with Gasteiger partial charge in [-0.2, -0.15) is 0 Å². The number of aromatic nitrogens is 1. The Morgan fingerprint density at radius 2 is 2.00 bits per heavy atom. The first-order valence-electron chi connectivity index (χ1n) is 6.06. The fourth-order valence-electron chi connectivity index (χ4n) is 1.84. The van der Waals surface area contributed by atoms with Crippen LogP contribution in [0, 0.1) is 20.8 Å². The molecule has 0 spiro atoms. The third-order valence-corrected chi connectivity index (χ3v) is 4.90. The number of aryl methyl sites for hydroxylation is 2. The molecule has 0 radical (unpaired) electrons. The number of thiazole rings is 1. The second kappa shape index (κ2) is 5.51. The summed E-state index contributed by atoms with van der Waals surface area (Å²) < 4.78 is 22.9. The predicted molar refractivity (Wildman–Crippen MR) is 81.5 cm³/mol. The molecule has 2 rings (SSSR count). The Kier molecular flexibility index (Phi) is 4.12. The van der Waals surface area contributed by atoms with Crippen molar-refractivity contribution in [3.05, 3.63) is 39.3 Å². The summed E-state index contributed by atoms with van der Waals surface area (Å²) in [5.41, 5.74) is 2.68. The highest BCUT2D eigenvalue weighted by atomic mass is 32.2. The van der Waals surface area contributed by atoms with Crippen molar-refractivity contribution in [2.45, 2.75) is 32.2 Å². The van der Waals surface area contributed by atoms with Gasteiger partial charge in [-0.25, -0.2) is 18.5 Å². The standard InChI is InChI=1S/C13H17N3O2S2/c1-8-4-12(20(14,17)18)5-13(9(8)2)16-7-11-6-15-10(3)19-11/h4-6,16H,7H2,1-3H3,(H2,14,17,18). The molecule has 0 fully saturated rings. The molecule has 0 saturated heterocycles. The van der Waals surface area contributed by atoms with Crippen molar-refractivity contribution in [3.8, 4) is 0 Å². The lowest BCUT2D eigenvalue weighted by Crippen LogP contribution is -2.13. The lowest BCUT2D eigenvalue weighted by molar-refractivity contribution is 0.597. The molecular formula is C13H17N3O2S2. The van der Waals surface area contributed by atoms with E-state index in [1.54, 1.807) is 23.5 Å². The molecule has 5 nitrogen and oxygen atoms in total. The fraction of sp³-hybridized carbons (Fsp3) is 0.308. The third-order valence-electron chi connectivity index (χ3n) is 3.09. The number of nitrogens with two attached hydrogens (primary N) is 1. The van der Waals surface area contributed by atoms with E-state index in [0.717, 1.165) is 26.7 Å². The minimum atomic E-state index is -3.69. The first-order chi connectivity index (χ1) is 9.27. The van der Waals surface area contributed by atoms with Crippen LogP contribution in [0.4, 0.5) is 5.69 Å². The lowest BCUT2D eigenvalue weighted by atomic mass is 10.1. The van der Waals surface area contributed by atoms with Crippen LogP contribution in [0.3, 0.4) is 0 Å². The highest BCUT2D eigenvalue weighted by Gasteiger charge is 2.12. The molecule has 0 atom stereocenters. The first-order valence-corrected chi connectivity index (χ1v) is 8.43. The van der Waals surface area contributed by atoms with Crippen LogP contribution in [0.5, 0.6) is 0 Å². The van der Waals surface area contributed by atoms with Gasteiger partial charge in [-0.15, -0.1) is 11.3 Å². The Balaban J connectivity index is 2.29. The molecule has 0 aliphatic rings. The van der Waals surface area contributed by atoms with Crippen molar-refractivity contribution >= 4 is 27.0 Å². The number of rotatable bonds is 4. The van der Waals surface area contributed by atoms with Gasteiger partial charge < -0.3 is 5.32 Å². The average Bonchev–Trinajstić information content (AvgIpc) is 2.75. The zero-order chi connectivity index (χ0) is 14.9. The van der Waals surface area contributed by atoms with E-state index in [1.807, 2.05) is 27.0 Å². The number of hydrogen-bond donors (Lipinski definition) is 2. The number of nitrogens with zero attached hydrogens (tertiary/aromatic N) is 1. The summed E-state index contributed by atoms with van der Waals surface area (Å²) in [4.78, 5) is 5.41. The number of sulfonamides is 1. The maximum atomic E-state index is 11.5. The molecule has 0 aliphatic heterocycles.